The second-order valence-corrected chi connectivity index (χ2v) is 9.42. The summed E-state index contributed by atoms with van der Waals surface area (Å²) in [7, 11) is 0. The normalized spacial score (nSPS) is 14.8. The Labute approximate surface area is 214 Å². The largest absolute Gasteiger partial charge is 0.481 e. The Kier molecular flexibility index (Phi) is 7.21. The van der Waals surface area contributed by atoms with Gasteiger partial charge in [-0.3, -0.25) is 9.59 Å². The van der Waals surface area contributed by atoms with Crippen molar-refractivity contribution in [3.05, 3.63) is 94.9 Å². The number of halogens is 1. The number of aryl methyl sites for hydroxylation is 2. The molecule has 1 atom stereocenters. The van der Waals surface area contributed by atoms with Gasteiger partial charge in [0.25, 0.3) is 5.91 Å². The molecule has 6 nitrogen and oxygen atoms in total. The van der Waals surface area contributed by atoms with E-state index in [4.69, 9.17) is 15.1 Å². The van der Waals surface area contributed by atoms with Crippen LogP contribution in [0.5, 0.6) is 0 Å². The van der Waals surface area contributed by atoms with Crippen molar-refractivity contribution in [3.8, 4) is 11.3 Å². The molecule has 0 spiro atoms. The number of unbranched alkanes of at least 4 members (excludes halogenated alkanes) is 1. The second kappa shape index (κ2) is 10.9. The van der Waals surface area contributed by atoms with Crippen LogP contribution >= 0.6 is 0 Å². The molecule has 1 aliphatic rings. The molecule has 7 heteroatoms. The molecule has 0 fully saturated rings. The number of hydrogen-bond acceptors (Lipinski definition) is 4. The summed E-state index contributed by atoms with van der Waals surface area (Å²) >= 11 is 0. The highest BCUT2D eigenvalue weighted by atomic mass is 19.1. The van der Waals surface area contributed by atoms with Crippen LogP contribution in [0.1, 0.15) is 65.3 Å². The smallest absolute Gasteiger partial charge is 0.303 e. The summed E-state index contributed by atoms with van der Waals surface area (Å²) < 4.78 is 15.2. The molecule has 0 saturated heterocycles. The van der Waals surface area contributed by atoms with E-state index in [1.54, 1.807) is 0 Å². The van der Waals surface area contributed by atoms with Gasteiger partial charge in [0, 0.05) is 18.1 Å². The Bertz CT molecular complexity index is 1460. The second-order valence-electron chi connectivity index (χ2n) is 9.42. The molecule has 2 N–H and O–H groups in total. The van der Waals surface area contributed by atoms with Crippen LogP contribution in [0.2, 0.25) is 0 Å². The fourth-order valence-electron chi connectivity index (χ4n) is 5.00. The van der Waals surface area contributed by atoms with Gasteiger partial charge in [0.05, 0.1) is 34.0 Å². The molecule has 1 aliphatic carbocycles. The highest BCUT2D eigenvalue weighted by molar-refractivity contribution is 5.98. The molecule has 4 aromatic rings. The Morgan fingerprint density at radius 1 is 0.973 bits per heavy atom. The molecule has 37 heavy (non-hydrogen) atoms. The van der Waals surface area contributed by atoms with Gasteiger partial charge in [-0.15, -0.1) is 0 Å². The Morgan fingerprint density at radius 2 is 1.73 bits per heavy atom. The lowest BCUT2D eigenvalue weighted by atomic mass is 9.87. The Morgan fingerprint density at radius 3 is 2.54 bits per heavy atom. The van der Waals surface area contributed by atoms with Gasteiger partial charge >= 0.3 is 5.97 Å². The molecule has 188 valence electrons. The van der Waals surface area contributed by atoms with Crippen molar-refractivity contribution in [1.29, 1.82) is 0 Å². The van der Waals surface area contributed by atoms with E-state index in [-0.39, 0.29) is 18.0 Å². The molecule has 5 rings (SSSR count). The number of carboxylic acid groups (broad SMARTS) is 1. The number of rotatable bonds is 8. The third-order valence-corrected chi connectivity index (χ3v) is 6.85. The van der Waals surface area contributed by atoms with Crippen molar-refractivity contribution in [1.82, 2.24) is 15.3 Å². The van der Waals surface area contributed by atoms with E-state index in [1.807, 2.05) is 48.5 Å². The third kappa shape index (κ3) is 5.50. The number of carbonyl (C=O) groups excluding carboxylic acids is 1. The first kappa shape index (κ1) is 24.6. The van der Waals surface area contributed by atoms with Crippen LogP contribution in [0, 0.1) is 5.82 Å². The third-order valence-electron chi connectivity index (χ3n) is 6.85. The summed E-state index contributed by atoms with van der Waals surface area (Å²) in [6, 6.07) is 20.1. The maximum atomic E-state index is 15.2. The fourth-order valence-corrected chi connectivity index (χ4v) is 5.00. The van der Waals surface area contributed by atoms with Crippen molar-refractivity contribution >= 4 is 22.9 Å². The molecule has 1 unspecified atom stereocenters. The number of carboxylic acids is 1. The lowest BCUT2D eigenvalue weighted by Crippen LogP contribution is -2.31. The van der Waals surface area contributed by atoms with Crippen LogP contribution in [0.15, 0.2) is 66.7 Å². The van der Waals surface area contributed by atoms with Crippen molar-refractivity contribution in [2.45, 2.75) is 51.0 Å². The van der Waals surface area contributed by atoms with E-state index in [2.05, 4.69) is 11.4 Å². The van der Waals surface area contributed by atoms with Crippen molar-refractivity contribution in [2.75, 3.05) is 0 Å². The van der Waals surface area contributed by atoms with Crippen LogP contribution in [-0.4, -0.2) is 27.0 Å². The fraction of sp³-hybridized carbons (Fsp3) is 0.267. The molecule has 1 aromatic heterocycles. The Balaban J connectivity index is 1.47. The molecule has 1 heterocycles. The van der Waals surface area contributed by atoms with Crippen LogP contribution in [0.25, 0.3) is 22.3 Å². The predicted octanol–water partition coefficient (Wildman–Crippen LogP) is 6.04. The summed E-state index contributed by atoms with van der Waals surface area (Å²) in [4.78, 5) is 33.6. The van der Waals surface area contributed by atoms with Crippen LogP contribution in [0.4, 0.5) is 4.39 Å². The van der Waals surface area contributed by atoms with Crippen LogP contribution in [-0.2, 0) is 17.6 Å². The molecule has 0 radical (unpaired) electrons. The molecule has 1 amide bonds. The number of aromatic nitrogens is 2. The predicted molar refractivity (Wildman–Crippen MR) is 140 cm³/mol. The maximum Gasteiger partial charge on any atom is 0.303 e. The monoisotopic (exact) mass is 497 g/mol. The number of carbonyl (C=O) groups is 2. The van der Waals surface area contributed by atoms with E-state index in [0.29, 0.717) is 41.7 Å². The number of hydrogen-bond donors (Lipinski definition) is 2. The highest BCUT2D eigenvalue weighted by Gasteiger charge is 2.24. The summed E-state index contributed by atoms with van der Waals surface area (Å²) in [6.45, 7) is 0. The van der Waals surface area contributed by atoms with E-state index in [0.717, 1.165) is 30.4 Å². The summed E-state index contributed by atoms with van der Waals surface area (Å²) in [5, 5.41) is 12.0. The number of fused-ring (bicyclic) bond motifs is 2. The minimum Gasteiger partial charge on any atom is -0.481 e. The molecular weight excluding hydrogens is 469 g/mol. The van der Waals surface area contributed by atoms with Gasteiger partial charge in [-0.1, -0.05) is 54.6 Å². The van der Waals surface area contributed by atoms with Gasteiger partial charge in [0.2, 0.25) is 0 Å². The van der Waals surface area contributed by atoms with E-state index >= 15 is 4.39 Å². The Hall–Kier alpha value is -4.13. The zero-order chi connectivity index (χ0) is 25.8. The molecule has 0 aliphatic heterocycles. The van der Waals surface area contributed by atoms with Gasteiger partial charge < -0.3 is 10.4 Å². The van der Waals surface area contributed by atoms with Crippen molar-refractivity contribution in [2.24, 2.45) is 0 Å². The average molecular weight is 498 g/mol. The minimum atomic E-state index is -0.834. The summed E-state index contributed by atoms with van der Waals surface area (Å²) in [5.41, 5.74) is 5.22. The number of aliphatic carboxylic acids is 1. The lowest BCUT2D eigenvalue weighted by Gasteiger charge is -2.26. The zero-order valence-corrected chi connectivity index (χ0v) is 20.4. The average Bonchev–Trinajstić information content (AvgIpc) is 2.91. The van der Waals surface area contributed by atoms with Crippen LogP contribution in [0.3, 0.4) is 0 Å². The minimum absolute atomic E-state index is 0.0610. The zero-order valence-electron chi connectivity index (χ0n) is 20.4. The SMILES string of the molecule is O=C(O)CCCCc1nc2cc(C(=O)NC3CCCc4ccccc43)c(F)cc2nc1-c1ccccc1. The number of amides is 1. The number of benzene rings is 3. The molecule has 0 bridgehead atoms. The van der Waals surface area contributed by atoms with E-state index < -0.39 is 17.7 Å². The first-order valence-corrected chi connectivity index (χ1v) is 12.7. The van der Waals surface area contributed by atoms with E-state index in [9.17, 15) is 9.59 Å². The highest BCUT2D eigenvalue weighted by Crippen LogP contribution is 2.31. The molecular formula is C30H28FN3O3. The molecule has 0 saturated carbocycles. The van der Waals surface area contributed by atoms with Gasteiger partial charge in [-0.05, 0) is 55.7 Å². The van der Waals surface area contributed by atoms with Crippen molar-refractivity contribution < 1.29 is 19.1 Å². The first-order chi connectivity index (χ1) is 18.0. The first-order valence-electron chi connectivity index (χ1n) is 12.7. The van der Waals surface area contributed by atoms with Gasteiger partial charge in [-0.2, -0.15) is 0 Å². The quantitative estimate of drug-likeness (QED) is 0.290. The van der Waals surface area contributed by atoms with Gasteiger partial charge in [0.1, 0.15) is 5.82 Å². The maximum absolute atomic E-state index is 15.2. The van der Waals surface area contributed by atoms with Crippen LogP contribution < -0.4 is 5.32 Å². The number of nitrogens with zero attached hydrogens (tertiary/aromatic N) is 2. The number of nitrogens with one attached hydrogen (secondary N) is 1. The lowest BCUT2D eigenvalue weighted by molar-refractivity contribution is -0.137. The van der Waals surface area contributed by atoms with Gasteiger partial charge in [-0.25, -0.2) is 14.4 Å². The standard InChI is InChI=1S/C30H28FN3O3/c31-23-18-27-26(17-22(23)30(37)34-24-15-8-12-19-9-4-5-13-21(19)24)32-25(14-6-7-16-28(35)36)29(33-27)20-10-2-1-3-11-20/h1-5,9-11,13,17-18,24H,6-8,12,14-16H2,(H,34,37)(H,35,36). The topological polar surface area (TPSA) is 92.2 Å². The van der Waals surface area contributed by atoms with Crippen molar-refractivity contribution in [3.63, 3.8) is 0 Å². The summed E-state index contributed by atoms with van der Waals surface area (Å²) in [5.74, 6) is -1.95. The van der Waals surface area contributed by atoms with Gasteiger partial charge in [0.15, 0.2) is 0 Å². The molecule has 3 aromatic carbocycles. The summed E-state index contributed by atoms with van der Waals surface area (Å²) in [6.07, 6.45) is 4.49. The van der Waals surface area contributed by atoms with E-state index in [1.165, 1.54) is 17.7 Å².